The maximum absolute atomic E-state index is 12.9. The summed E-state index contributed by atoms with van der Waals surface area (Å²) in [7, 11) is 0.892. The molecule has 0 N–H and O–H groups in total. The lowest BCUT2D eigenvalue weighted by Crippen LogP contribution is -2.41. The summed E-state index contributed by atoms with van der Waals surface area (Å²) in [6.45, 7) is 10.4. The molecule has 0 atom stereocenters. The molecule has 0 bridgehead atoms. The van der Waals surface area contributed by atoms with Crippen LogP contribution in [-0.2, 0) is 18.8 Å². The highest BCUT2D eigenvalue weighted by molar-refractivity contribution is 6.62. The molecule has 0 aromatic heterocycles. The Morgan fingerprint density at radius 3 is 2.27 bits per heavy atom. The van der Waals surface area contributed by atoms with Crippen LogP contribution in [0.4, 0.5) is 0 Å². The third kappa shape index (κ3) is 7.82. The van der Waals surface area contributed by atoms with E-state index in [-0.39, 0.29) is 18.2 Å². The highest BCUT2D eigenvalue weighted by Gasteiger charge is 2.51. The first kappa shape index (κ1) is 27.3. The van der Waals surface area contributed by atoms with Crippen LogP contribution in [0.2, 0.25) is 0 Å². The van der Waals surface area contributed by atoms with Crippen molar-refractivity contribution in [2.75, 3.05) is 7.11 Å². The van der Waals surface area contributed by atoms with Crippen molar-refractivity contribution in [1.29, 1.82) is 0 Å². The molecule has 2 rings (SSSR count). The van der Waals surface area contributed by atoms with E-state index in [1.807, 2.05) is 52.0 Å². The van der Waals surface area contributed by atoms with Gasteiger partial charge < -0.3 is 14.0 Å². The average molecular weight is 456 g/mol. The van der Waals surface area contributed by atoms with Gasteiger partial charge in [-0.25, -0.2) is 0 Å². The topological polar surface area (TPSA) is 61.8 Å². The molecule has 0 aliphatic carbocycles. The third-order valence-electron chi connectivity index (χ3n) is 6.69. The van der Waals surface area contributed by atoms with Gasteiger partial charge in [0.05, 0.1) is 18.3 Å². The van der Waals surface area contributed by atoms with Gasteiger partial charge in [0.2, 0.25) is 0 Å². The molecule has 0 spiro atoms. The number of hydrogen-bond donors (Lipinski definition) is 0. The minimum absolute atomic E-state index is 0.0296. The third-order valence-corrected chi connectivity index (χ3v) is 6.69. The molecule has 5 nitrogen and oxygen atoms in total. The van der Waals surface area contributed by atoms with Gasteiger partial charge >= 0.3 is 13.1 Å². The van der Waals surface area contributed by atoms with E-state index < -0.39 is 18.3 Å². The number of ether oxygens (including phenoxy) is 1. The first-order chi connectivity index (χ1) is 15.6. The molecule has 182 valence electrons. The maximum Gasteiger partial charge on any atom is 0.494 e. The summed E-state index contributed by atoms with van der Waals surface area (Å²) in [5.41, 5.74) is 1.60. The van der Waals surface area contributed by atoms with Crippen molar-refractivity contribution < 1.29 is 23.6 Å². The van der Waals surface area contributed by atoms with Gasteiger partial charge in [-0.1, -0.05) is 63.0 Å². The van der Waals surface area contributed by atoms with Crippen molar-refractivity contribution in [3.8, 4) is 0 Å². The van der Waals surface area contributed by atoms with E-state index in [0.717, 1.165) is 23.9 Å². The summed E-state index contributed by atoms with van der Waals surface area (Å²) in [5.74, 6) is -0.260. The molecule has 1 fully saturated rings. The monoisotopic (exact) mass is 456 g/mol. The van der Waals surface area contributed by atoms with E-state index in [1.165, 1.54) is 32.8 Å². The molecule has 33 heavy (non-hydrogen) atoms. The van der Waals surface area contributed by atoms with Gasteiger partial charge in [-0.3, -0.25) is 9.59 Å². The molecule has 0 saturated carbocycles. The Bertz CT molecular complexity index is 812. The van der Waals surface area contributed by atoms with Gasteiger partial charge in [0.1, 0.15) is 0 Å². The van der Waals surface area contributed by atoms with Gasteiger partial charge in [0.15, 0.2) is 5.78 Å². The van der Waals surface area contributed by atoms with Crippen LogP contribution in [0.5, 0.6) is 0 Å². The van der Waals surface area contributed by atoms with Crippen molar-refractivity contribution >= 4 is 30.4 Å². The minimum atomic E-state index is -0.473. The SMILES string of the molecule is CCCCCCC/C=C/c1cc(B2OC(C)(C)C(C)(C)O2)ccc1C(=O)CCCC(=O)OC. The number of unbranched alkanes of at least 4 members (excludes halogenated alkanes) is 5. The number of benzene rings is 1. The summed E-state index contributed by atoms with van der Waals surface area (Å²) in [4.78, 5) is 24.3. The molecule has 1 aliphatic rings. The number of methoxy groups -OCH3 is 1. The van der Waals surface area contributed by atoms with Gasteiger partial charge in [0.25, 0.3) is 0 Å². The predicted octanol–water partition coefficient (Wildman–Crippen LogP) is 5.89. The zero-order chi connectivity index (χ0) is 24.5. The largest absolute Gasteiger partial charge is 0.494 e. The van der Waals surface area contributed by atoms with Crippen LogP contribution < -0.4 is 5.46 Å². The Balaban J connectivity index is 2.16. The number of rotatable bonds is 13. The van der Waals surface area contributed by atoms with Crippen LogP contribution in [0.15, 0.2) is 24.3 Å². The van der Waals surface area contributed by atoms with Crippen molar-refractivity contribution in [3.05, 3.63) is 35.4 Å². The quantitative estimate of drug-likeness (QED) is 0.160. The van der Waals surface area contributed by atoms with Crippen LogP contribution in [0.25, 0.3) is 6.08 Å². The summed E-state index contributed by atoms with van der Waals surface area (Å²) in [5, 5.41) is 0. The summed E-state index contributed by atoms with van der Waals surface area (Å²) >= 11 is 0. The number of ketones is 1. The van der Waals surface area contributed by atoms with Gasteiger partial charge in [-0.2, -0.15) is 0 Å². The molecule has 1 heterocycles. The molecule has 1 aliphatic heterocycles. The van der Waals surface area contributed by atoms with E-state index in [2.05, 4.69) is 17.7 Å². The maximum atomic E-state index is 12.9. The Hall–Kier alpha value is -1.92. The van der Waals surface area contributed by atoms with E-state index in [0.29, 0.717) is 18.4 Å². The summed E-state index contributed by atoms with van der Waals surface area (Å²) in [6, 6.07) is 5.78. The predicted molar refractivity (Wildman–Crippen MR) is 135 cm³/mol. The fourth-order valence-electron chi connectivity index (χ4n) is 3.80. The Labute approximate surface area is 200 Å². The standard InChI is InChI=1S/C27H41BO5/c1-7-8-9-10-11-12-13-15-21-20-22(28-32-26(2,3)27(4,5)33-28)18-19-23(21)24(29)16-14-17-25(30)31-6/h13,15,18-20H,7-12,14,16-17H2,1-6H3/b15-13+. The minimum Gasteiger partial charge on any atom is -0.469 e. The normalized spacial score (nSPS) is 17.0. The number of Topliss-reactive ketones (excluding diaryl/α,β-unsaturated/α-hetero) is 1. The molecule has 1 aromatic rings. The Kier molecular flexibility index (Phi) is 10.4. The second-order valence-electron chi connectivity index (χ2n) is 9.89. The van der Waals surface area contributed by atoms with Crippen LogP contribution in [0.1, 0.15) is 108 Å². The van der Waals surface area contributed by atoms with E-state index in [4.69, 9.17) is 9.31 Å². The van der Waals surface area contributed by atoms with Gasteiger partial charge in [-0.15, -0.1) is 0 Å². The smallest absolute Gasteiger partial charge is 0.469 e. The Morgan fingerprint density at radius 1 is 0.970 bits per heavy atom. The van der Waals surface area contributed by atoms with Crippen LogP contribution in [0, 0.1) is 0 Å². The fraction of sp³-hybridized carbons (Fsp3) is 0.630. The molecule has 0 unspecified atom stereocenters. The number of carbonyl (C=O) groups excluding carboxylic acids is 2. The second kappa shape index (κ2) is 12.5. The van der Waals surface area contributed by atoms with Gasteiger partial charge in [-0.05, 0) is 58.0 Å². The first-order valence-corrected chi connectivity index (χ1v) is 12.4. The lowest BCUT2D eigenvalue weighted by molar-refractivity contribution is -0.140. The van der Waals surface area contributed by atoms with E-state index >= 15 is 0 Å². The second-order valence-corrected chi connectivity index (χ2v) is 9.89. The molecular weight excluding hydrogens is 415 g/mol. The van der Waals surface area contributed by atoms with Crippen molar-refractivity contribution in [3.63, 3.8) is 0 Å². The molecule has 0 radical (unpaired) electrons. The van der Waals surface area contributed by atoms with Crippen molar-refractivity contribution in [1.82, 2.24) is 0 Å². The first-order valence-electron chi connectivity index (χ1n) is 12.4. The van der Waals surface area contributed by atoms with Crippen LogP contribution in [0.3, 0.4) is 0 Å². The van der Waals surface area contributed by atoms with Crippen molar-refractivity contribution in [2.24, 2.45) is 0 Å². The summed E-state index contributed by atoms with van der Waals surface area (Å²) in [6.07, 6.45) is 12.4. The molecule has 1 saturated heterocycles. The average Bonchev–Trinajstić information content (AvgIpc) is 2.99. The molecule has 0 amide bonds. The number of allylic oxidation sites excluding steroid dienone is 1. The van der Waals surface area contributed by atoms with Crippen molar-refractivity contribution in [2.45, 2.75) is 104 Å². The lowest BCUT2D eigenvalue weighted by atomic mass is 9.77. The molecular formula is C27H41BO5. The molecule has 6 heteroatoms. The Morgan fingerprint density at radius 2 is 1.64 bits per heavy atom. The van der Waals surface area contributed by atoms with E-state index in [9.17, 15) is 9.59 Å². The van der Waals surface area contributed by atoms with Crippen LogP contribution >= 0.6 is 0 Å². The van der Waals surface area contributed by atoms with Crippen LogP contribution in [-0.4, -0.2) is 37.2 Å². The fourth-order valence-corrected chi connectivity index (χ4v) is 3.80. The highest BCUT2D eigenvalue weighted by Crippen LogP contribution is 2.36. The zero-order valence-electron chi connectivity index (χ0n) is 21.4. The molecule has 1 aromatic carbocycles. The summed E-state index contributed by atoms with van der Waals surface area (Å²) < 4.78 is 17.1. The van der Waals surface area contributed by atoms with E-state index in [1.54, 1.807) is 0 Å². The highest BCUT2D eigenvalue weighted by atomic mass is 16.7. The lowest BCUT2D eigenvalue weighted by Gasteiger charge is -2.32. The zero-order valence-corrected chi connectivity index (χ0v) is 21.4. The number of esters is 1. The number of carbonyl (C=O) groups is 2. The number of hydrogen-bond acceptors (Lipinski definition) is 5. The van der Waals surface area contributed by atoms with Gasteiger partial charge in [0, 0.05) is 18.4 Å².